The van der Waals surface area contributed by atoms with Crippen molar-refractivity contribution in [1.29, 1.82) is 0 Å². The summed E-state index contributed by atoms with van der Waals surface area (Å²) in [5, 5.41) is 3.27. The van der Waals surface area contributed by atoms with Crippen LogP contribution in [0.25, 0.3) is 0 Å². The van der Waals surface area contributed by atoms with Crippen LogP contribution in [0.3, 0.4) is 0 Å². The lowest BCUT2D eigenvalue weighted by atomic mass is 9.76. The average Bonchev–Trinajstić information content (AvgIpc) is 2.31. The van der Waals surface area contributed by atoms with E-state index in [1.807, 2.05) is 6.92 Å². The van der Waals surface area contributed by atoms with E-state index in [0.29, 0.717) is 25.8 Å². The van der Waals surface area contributed by atoms with E-state index in [-0.39, 0.29) is 17.3 Å². The van der Waals surface area contributed by atoms with Crippen LogP contribution in [0.15, 0.2) is 0 Å². The molecule has 1 heterocycles. The van der Waals surface area contributed by atoms with E-state index < -0.39 is 15.3 Å². The Labute approximate surface area is 104 Å². The molecule has 0 bridgehead atoms. The molecule has 0 aromatic heterocycles. The minimum atomic E-state index is -2.91. The summed E-state index contributed by atoms with van der Waals surface area (Å²) in [6, 6.07) is 0. The maximum absolute atomic E-state index is 12.1. The number of rotatable bonds is 6. The van der Waals surface area contributed by atoms with Gasteiger partial charge < -0.3 is 5.32 Å². The molecule has 0 aliphatic carbocycles. The average molecular weight is 261 g/mol. The first-order valence-electron chi connectivity index (χ1n) is 6.40. The van der Waals surface area contributed by atoms with Crippen molar-refractivity contribution in [2.75, 3.05) is 24.6 Å². The Bertz CT molecular complexity index is 348. The fourth-order valence-electron chi connectivity index (χ4n) is 2.36. The first-order chi connectivity index (χ1) is 7.96. The van der Waals surface area contributed by atoms with E-state index >= 15 is 0 Å². The monoisotopic (exact) mass is 261 g/mol. The van der Waals surface area contributed by atoms with Gasteiger partial charge in [0.15, 0.2) is 0 Å². The number of Topliss-reactive ketones (excluding diaryl/α,β-unsaturated/α-hetero) is 1. The van der Waals surface area contributed by atoms with E-state index in [9.17, 15) is 13.2 Å². The van der Waals surface area contributed by atoms with Crippen LogP contribution in [-0.2, 0) is 14.6 Å². The van der Waals surface area contributed by atoms with Gasteiger partial charge in [0.25, 0.3) is 0 Å². The fraction of sp³-hybridized carbons (Fsp3) is 0.917. The molecule has 5 heteroatoms. The molecule has 100 valence electrons. The van der Waals surface area contributed by atoms with Crippen LogP contribution in [-0.4, -0.2) is 38.8 Å². The van der Waals surface area contributed by atoms with Gasteiger partial charge in [0, 0.05) is 18.4 Å². The molecular formula is C12H23NO3S. The molecule has 0 amide bonds. The number of sulfone groups is 1. The number of hydrogen-bond acceptors (Lipinski definition) is 4. The van der Waals surface area contributed by atoms with Crippen molar-refractivity contribution in [3.63, 3.8) is 0 Å². The normalized spacial score (nSPS) is 22.2. The molecule has 0 aromatic rings. The van der Waals surface area contributed by atoms with E-state index in [1.165, 1.54) is 0 Å². The Morgan fingerprint density at radius 3 is 2.29 bits per heavy atom. The molecule has 0 unspecified atom stereocenters. The molecule has 1 aliphatic rings. The lowest BCUT2D eigenvalue weighted by molar-refractivity contribution is -0.128. The van der Waals surface area contributed by atoms with Crippen molar-refractivity contribution in [3.05, 3.63) is 0 Å². The summed E-state index contributed by atoms with van der Waals surface area (Å²) in [5.74, 6) is 0.523. The zero-order valence-electron chi connectivity index (χ0n) is 10.8. The Hall–Kier alpha value is -0.420. The quantitative estimate of drug-likeness (QED) is 0.729. The zero-order valence-corrected chi connectivity index (χ0v) is 11.6. The first-order valence-corrected chi connectivity index (χ1v) is 8.22. The summed E-state index contributed by atoms with van der Waals surface area (Å²) in [7, 11) is -2.91. The van der Waals surface area contributed by atoms with Crippen LogP contribution in [0.4, 0.5) is 0 Å². The van der Waals surface area contributed by atoms with Crippen molar-refractivity contribution in [3.8, 4) is 0 Å². The van der Waals surface area contributed by atoms with Crippen LogP contribution in [0.2, 0.25) is 0 Å². The van der Waals surface area contributed by atoms with Gasteiger partial charge in [-0.1, -0.05) is 13.8 Å². The Kier molecular flexibility index (Phi) is 5.13. The molecule has 1 saturated heterocycles. The summed E-state index contributed by atoms with van der Waals surface area (Å²) in [4.78, 5) is 12.1. The van der Waals surface area contributed by atoms with Crippen LogP contribution >= 0.6 is 0 Å². The zero-order chi connectivity index (χ0) is 12.9. The van der Waals surface area contributed by atoms with Gasteiger partial charge in [-0.15, -0.1) is 0 Å². The molecule has 17 heavy (non-hydrogen) atoms. The van der Waals surface area contributed by atoms with Crippen molar-refractivity contribution in [2.45, 2.75) is 39.5 Å². The van der Waals surface area contributed by atoms with Gasteiger partial charge in [0.05, 0.1) is 11.5 Å². The second-order valence-corrected chi connectivity index (χ2v) is 7.19. The Morgan fingerprint density at radius 1 is 1.24 bits per heavy atom. The molecule has 0 radical (unpaired) electrons. The molecule has 1 rings (SSSR count). The van der Waals surface area contributed by atoms with Gasteiger partial charge in [-0.25, -0.2) is 8.42 Å². The molecule has 0 spiro atoms. The van der Waals surface area contributed by atoms with Gasteiger partial charge in [0.2, 0.25) is 0 Å². The third-order valence-corrected chi connectivity index (χ3v) is 5.24. The second kappa shape index (κ2) is 5.96. The molecule has 1 aliphatic heterocycles. The van der Waals surface area contributed by atoms with Gasteiger partial charge in [-0.3, -0.25) is 4.79 Å². The Balaban J connectivity index is 2.71. The van der Waals surface area contributed by atoms with E-state index in [0.717, 1.165) is 13.0 Å². The molecule has 1 fully saturated rings. The van der Waals surface area contributed by atoms with E-state index in [1.54, 1.807) is 0 Å². The largest absolute Gasteiger partial charge is 0.316 e. The predicted molar refractivity (Wildman–Crippen MR) is 68.8 cm³/mol. The highest BCUT2D eigenvalue weighted by atomic mass is 32.2. The van der Waals surface area contributed by atoms with Crippen LogP contribution in [0.1, 0.15) is 39.5 Å². The Morgan fingerprint density at radius 2 is 1.82 bits per heavy atom. The SMILES string of the molecule is CCCNCC1(C(=O)CC)CCS(=O)(=O)CC1. The third kappa shape index (κ3) is 3.78. The van der Waals surface area contributed by atoms with Crippen molar-refractivity contribution in [2.24, 2.45) is 5.41 Å². The lowest BCUT2D eigenvalue weighted by Crippen LogP contribution is -2.46. The number of hydrogen-bond donors (Lipinski definition) is 1. The van der Waals surface area contributed by atoms with Gasteiger partial charge in [-0.05, 0) is 25.8 Å². The van der Waals surface area contributed by atoms with Crippen LogP contribution in [0.5, 0.6) is 0 Å². The summed E-state index contributed by atoms with van der Waals surface area (Å²) >= 11 is 0. The lowest BCUT2D eigenvalue weighted by Gasteiger charge is -2.35. The van der Waals surface area contributed by atoms with Gasteiger partial charge in [-0.2, -0.15) is 0 Å². The molecule has 1 N–H and O–H groups in total. The van der Waals surface area contributed by atoms with Crippen molar-refractivity contribution >= 4 is 15.6 Å². The topological polar surface area (TPSA) is 63.2 Å². The summed E-state index contributed by atoms with van der Waals surface area (Å²) in [6.07, 6.45) is 2.49. The highest BCUT2D eigenvalue weighted by Gasteiger charge is 2.41. The number of carbonyl (C=O) groups is 1. The molecule has 0 aromatic carbocycles. The molecular weight excluding hydrogens is 238 g/mol. The van der Waals surface area contributed by atoms with E-state index in [2.05, 4.69) is 12.2 Å². The highest BCUT2D eigenvalue weighted by Crippen LogP contribution is 2.34. The smallest absolute Gasteiger partial charge is 0.150 e. The fourth-order valence-corrected chi connectivity index (χ4v) is 3.97. The van der Waals surface area contributed by atoms with Crippen LogP contribution in [0, 0.1) is 5.41 Å². The van der Waals surface area contributed by atoms with Gasteiger partial charge in [0.1, 0.15) is 15.6 Å². The molecule has 0 atom stereocenters. The van der Waals surface area contributed by atoms with E-state index in [4.69, 9.17) is 0 Å². The van der Waals surface area contributed by atoms with Crippen LogP contribution < -0.4 is 5.32 Å². The number of carbonyl (C=O) groups excluding carboxylic acids is 1. The second-order valence-electron chi connectivity index (χ2n) is 4.89. The summed E-state index contributed by atoms with van der Waals surface area (Å²) < 4.78 is 22.9. The minimum absolute atomic E-state index is 0.159. The van der Waals surface area contributed by atoms with Crippen molar-refractivity contribution < 1.29 is 13.2 Å². The summed E-state index contributed by atoms with van der Waals surface area (Å²) in [6.45, 7) is 5.44. The van der Waals surface area contributed by atoms with Crippen molar-refractivity contribution in [1.82, 2.24) is 5.32 Å². The summed E-state index contributed by atoms with van der Waals surface area (Å²) in [5.41, 5.74) is -0.435. The van der Waals surface area contributed by atoms with Gasteiger partial charge >= 0.3 is 0 Å². The molecule has 4 nitrogen and oxygen atoms in total. The predicted octanol–water partition coefficient (Wildman–Crippen LogP) is 1.16. The molecule has 0 saturated carbocycles. The maximum Gasteiger partial charge on any atom is 0.150 e. The first kappa shape index (κ1) is 14.6. The number of ketones is 1. The third-order valence-electron chi connectivity index (χ3n) is 3.59. The maximum atomic E-state index is 12.1. The minimum Gasteiger partial charge on any atom is -0.316 e. The highest BCUT2D eigenvalue weighted by molar-refractivity contribution is 7.91. The standard InChI is InChI=1S/C12H23NO3S/c1-3-7-13-10-12(11(14)4-2)5-8-17(15,16)9-6-12/h13H,3-10H2,1-2H3. The number of nitrogens with one attached hydrogen (secondary N) is 1.